The molecule has 0 saturated heterocycles. The summed E-state index contributed by atoms with van der Waals surface area (Å²) in [5.74, 6) is 0.249. The molecule has 6 N–H and O–H groups in total. The first-order chi connectivity index (χ1) is 12.6. The van der Waals surface area contributed by atoms with Crippen molar-refractivity contribution >= 4 is 40.5 Å². The normalized spacial score (nSPS) is 10.0. The van der Waals surface area contributed by atoms with Crippen molar-refractivity contribution < 1.29 is 4.79 Å². The Labute approximate surface area is 154 Å². The number of carbonyl (C=O) groups excluding carboxylic acids is 1. The van der Waals surface area contributed by atoms with Crippen molar-refractivity contribution in [1.29, 1.82) is 0 Å². The van der Waals surface area contributed by atoms with Crippen LogP contribution in [0.4, 0.5) is 23.0 Å². The van der Waals surface area contributed by atoms with Gasteiger partial charge in [-0.1, -0.05) is 35.9 Å². The lowest BCUT2D eigenvalue weighted by molar-refractivity contribution is 0.0962. The Hall–Kier alpha value is -3.52. The van der Waals surface area contributed by atoms with Crippen LogP contribution < -0.4 is 27.4 Å². The minimum Gasteiger partial charge on any atom is -0.393 e. The second-order valence-corrected chi connectivity index (χ2v) is 5.63. The Balaban J connectivity index is 1.64. The van der Waals surface area contributed by atoms with Gasteiger partial charge in [0.25, 0.3) is 5.91 Å². The number of nitrogen functional groups attached to an aromatic ring is 1. The lowest BCUT2D eigenvalue weighted by atomic mass is 10.2. The number of amides is 1. The van der Waals surface area contributed by atoms with Gasteiger partial charge in [-0.05, 0) is 30.3 Å². The Kier molecular flexibility index (Phi) is 5.35. The molecule has 3 rings (SSSR count). The fraction of sp³-hybridized carbons (Fsp3) is 0. The van der Waals surface area contributed by atoms with E-state index in [1.165, 1.54) is 6.33 Å². The van der Waals surface area contributed by atoms with Crippen LogP contribution in [0.2, 0.25) is 5.02 Å². The highest BCUT2D eigenvalue weighted by molar-refractivity contribution is 6.30. The summed E-state index contributed by atoms with van der Waals surface area (Å²) in [6, 6.07) is 16.0. The molecule has 26 heavy (non-hydrogen) atoms. The van der Waals surface area contributed by atoms with E-state index in [1.54, 1.807) is 24.3 Å². The zero-order valence-electron chi connectivity index (χ0n) is 13.5. The minimum absolute atomic E-state index is 0.238. The van der Waals surface area contributed by atoms with Gasteiger partial charge in [0.15, 0.2) is 11.6 Å². The van der Waals surface area contributed by atoms with Gasteiger partial charge in [0.2, 0.25) is 0 Å². The Morgan fingerprint density at radius 1 is 0.923 bits per heavy atom. The van der Waals surface area contributed by atoms with Crippen molar-refractivity contribution in [2.45, 2.75) is 0 Å². The molecule has 0 aliphatic heterocycles. The number of hydrogen-bond donors (Lipinski definition) is 5. The number of aromatic nitrogens is 2. The van der Waals surface area contributed by atoms with Gasteiger partial charge in [0.1, 0.15) is 12.0 Å². The SMILES string of the molecule is Nc1c(NNC(=O)c2cccc(Cl)c2)ncnc1NNc1ccccc1. The topological polar surface area (TPSA) is 117 Å². The van der Waals surface area contributed by atoms with Gasteiger partial charge < -0.3 is 5.73 Å². The van der Waals surface area contributed by atoms with Gasteiger partial charge in [-0.2, -0.15) is 0 Å². The maximum absolute atomic E-state index is 12.1. The van der Waals surface area contributed by atoms with Crippen LogP contribution in [0, 0.1) is 0 Å². The van der Waals surface area contributed by atoms with Crippen molar-refractivity contribution in [1.82, 2.24) is 15.4 Å². The Bertz CT molecular complexity index is 905. The summed E-state index contributed by atoms with van der Waals surface area (Å²) in [6.07, 6.45) is 1.32. The van der Waals surface area contributed by atoms with Gasteiger partial charge >= 0.3 is 0 Å². The Morgan fingerprint density at radius 3 is 2.38 bits per heavy atom. The largest absolute Gasteiger partial charge is 0.393 e. The number of rotatable bonds is 6. The first kappa shape index (κ1) is 17.3. The monoisotopic (exact) mass is 369 g/mol. The third kappa shape index (κ3) is 4.31. The fourth-order valence-electron chi connectivity index (χ4n) is 2.07. The zero-order valence-corrected chi connectivity index (χ0v) is 14.3. The summed E-state index contributed by atoms with van der Waals surface area (Å²) in [5, 5.41) is 0.470. The van der Waals surface area contributed by atoms with Crippen molar-refractivity contribution in [2.24, 2.45) is 0 Å². The van der Waals surface area contributed by atoms with E-state index in [4.69, 9.17) is 17.3 Å². The molecule has 9 heteroatoms. The fourth-order valence-corrected chi connectivity index (χ4v) is 2.26. The molecule has 0 spiro atoms. The van der Waals surface area contributed by atoms with Gasteiger partial charge in [-0.25, -0.2) is 9.97 Å². The molecule has 0 aliphatic carbocycles. The van der Waals surface area contributed by atoms with Gasteiger partial charge in [-0.15, -0.1) is 0 Å². The van der Waals surface area contributed by atoms with Crippen LogP contribution >= 0.6 is 11.6 Å². The molecule has 1 amide bonds. The van der Waals surface area contributed by atoms with E-state index in [0.29, 0.717) is 16.4 Å². The van der Waals surface area contributed by atoms with Crippen LogP contribution in [0.1, 0.15) is 10.4 Å². The molecule has 1 aromatic heterocycles. The zero-order chi connectivity index (χ0) is 18.4. The van der Waals surface area contributed by atoms with Crippen LogP contribution in [-0.2, 0) is 0 Å². The molecule has 0 radical (unpaired) electrons. The molecule has 8 nitrogen and oxygen atoms in total. The van der Waals surface area contributed by atoms with Gasteiger partial charge in [0, 0.05) is 10.6 Å². The highest BCUT2D eigenvalue weighted by Crippen LogP contribution is 2.22. The average Bonchev–Trinajstić information content (AvgIpc) is 2.67. The summed E-state index contributed by atoms with van der Waals surface area (Å²) in [5.41, 5.74) is 18.6. The molecule has 1 heterocycles. The summed E-state index contributed by atoms with van der Waals surface area (Å²) >= 11 is 5.88. The molecule has 2 aromatic carbocycles. The second-order valence-electron chi connectivity index (χ2n) is 5.19. The third-order valence-corrected chi connectivity index (χ3v) is 3.60. The number of anilines is 4. The first-order valence-corrected chi connectivity index (χ1v) is 8.01. The van der Waals surface area contributed by atoms with Crippen LogP contribution in [-0.4, -0.2) is 15.9 Å². The number of hydrazine groups is 2. The number of benzene rings is 2. The van der Waals surface area contributed by atoms with Crippen molar-refractivity contribution in [3.05, 3.63) is 71.5 Å². The molecular formula is C17H16ClN7O. The molecular weight excluding hydrogens is 354 g/mol. The molecule has 132 valence electrons. The predicted molar refractivity (Wildman–Crippen MR) is 103 cm³/mol. The predicted octanol–water partition coefficient (Wildman–Crippen LogP) is 2.91. The van der Waals surface area contributed by atoms with E-state index in [-0.39, 0.29) is 17.4 Å². The van der Waals surface area contributed by atoms with Crippen LogP contribution in [0.15, 0.2) is 60.9 Å². The number of nitrogens with two attached hydrogens (primary N) is 1. The molecule has 0 atom stereocenters. The number of hydrogen-bond acceptors (Lipinski definition) is 7. The van der Waals surface area contributed by atoms with Crippen LogP contribution in [0.5, 0.6) is 0 Å². The molecule has 0 aliphatic rings. The Morgan fingerprint density at radius 2 is 1.65 bits per heavy atom. The van der Waals surface area contributed by atoms with Crippen molar-refractivity contribution in [2.75, 3.05) is 22.0 Å². The molecule has 3 aromatic rings. The molecule has 0 bridgehead atoms. The maximum atomic E-state index is 12.1. The quantitative estimate of drug-likeness (QED) is 0.424. The van der Waals surface area contributed by atoms with Crippen LogP contribution in [0.25, 0.3) is 0 Å². The average molecular weight is 370 g/mol. The van der Waals surface area contributed by atoms with E-state index in [9.17, 15) is 4.79 Å². The standard InChI is InChI=1S/C17H16ClN7O/c18-12-6-4-5-11(9-12)17(26)25-24-16-14(19)15(20-10-21-16)23-22-13-7-2-1-3-8-13/h1-10,22H,19H2,(H,25,26)(H2,20,21,23,24). The smallest absolute Gasteiger partial charge is 0.269 e. The van der Waals surface area contributed by atoms with Crippen LogP contribution in [0.3, 0.4) is 0 Å². The number of para-hydroxylation sites is 1. The van der Waals surface area contributed by atoms with Crippen molar-refractivity contribution in [3.63, 3.8) is 0 Å². The number of nitrogens with one attached hydrogen (secondary N) is 4. The molecule has 0 unspecified atom stereocenters. The summed E-state index contributed by atoms with van der Waals surface area (Å²) in [4.78, 5) is 20.2. The van der Waals surface area contributed by atoms with E-state index in [2.05, 4.69) is 31.7 Å². The minimum atomic E-state index is -0.373. The highest BCUT2D eigenvalue weighted by Gasteiger charge is 2.10. The first-order valence-electron chi connectivity index (χ1n) is 7.63. The van der Waals surface area contributed by atoms with E-state index < -0.39 is 0 Å². The van der Waals surface area contributed by atoms with E-state index >= 15 is 0 Å². The number of halogens is 1. The van der Waals surface area contributed by atoms with Gasteiger partial charge in [-0.3, -0.25) is 26.5 Å². The highest BCUT2D eigenvalue weighted by atomic mass is 35.5. The summed E-state index contributed by atoms with van der Waals surface area (Å²) < 4.78 is 0. The number of nitrogens with zero attached hydrogens (tertiary/aromatic N) is 2. The maximum Gasteiger partial charge on any atom is 0.269 e. The molecule has 0 saturated carbocycles. The molecule has 0 fully saturated rings. The van der Waals surface area contributed by atoms with Crippen molar-refractivity contribution in [3.8, 4) is 0 Å². The van der Waals surface area contributed by atoms with Gasteiger partial charge in [0.05, 0.1) is 5.69 Å². The lowest BCUT2D eigenvalue weighted by Crippen LogP contribution is -2.30. The third-order valence-electron chi connectivity index (χ3n) is 3.36. The van der Waals surface area contributed by atoms with E-state index in [1.807, 2.05) is 30.3 Å². The summed E-state index contributed by atoms with van der Waals surface area (Å²) in [7, 11) is 0. The van der Waals surface area contributed by atoms with E-state index in [0.717, 1.165) is 5.69 Å². The second kappa shape index (κ2) is 8.04. The number of carbonyl (C=O) groups is 1. The summed E-state index contributed by atoms with van der Waals surface area (Å²) in [6.45, 7) is 0. The lowest BCUT2D eigenvalue weighted by Gasteiger charge is -2.14.